The summed E-state index contributed by atoms with van der Waals surface area (Å²) in [5.74, 6) is 0.0645. The third-order valence-electron chi connectivity index (χ3n) is 5.07. The summed E-state index contributed by atoms with van der Waals surface area (Å²) < 4.78 is 5.12. The number of nitrogens with zero attached hydrogens (tertiary/aromatic N) is 2. The Morgan fingerprint density at radius 3 is 2.71 bits per heavy atom. The average Bonchev–Trinajstić information content (AvgIpc) is 3.11. The molecule has 5 heteroatoms. The van der Waals surface area contributed by atoms with Gasteiger partial charge in [0.15, 0.2) is 0 Å². The molecule has 3 rings (SSSR count). The van der Waals surface area contributed by atoms with Crippen molar-refractivity contribution in [1.82, 2.24) is 9.80 Å². The van der Waals surface area contributed by atoms with E-state index in [9.17, 15) is 9.59 Å². The van der Waals surface area contributed by atoms with Crippen LogP contribution in [0.5, 0.6) is 0 Å². The van der Waals surface area contributed by atoms with E-state index in [2.05, 4.69) is 30.9 Å². The monoisotopic (exact) mass is 330 g/mol. The number of carbonyl (C=O) groups excluding carboxylic acids is 2. The van der Waals surface area contributed by atoms with Crippen molar-refractivity contribution in [1.29, 1.82) is 0 Å². The summed E-state index contributed by atoms with van der Waals surface area (Å²) >= 11 is 0. The maximum atomic E-state index is 13.0. The Kier molecular flexibility index (Phi) is 5.19. The molecule has 0 spiro atoms. The van der Waals surface area contributed by atoms with Crippen molar-refractivity contribution in [3.63, 3.8) is 0 Å². The molecule has 2 saturated heterocycles. The fraction of sp³-hybridized carbons (Fsp3) is 0.579. The van der Waals surface area contributed by atoms with Gasteiger partial charge in [-0.3, -0.25) is 9.69 Å². The van der Waals surface area contributed by atoms with Crippen molar-refractivity contribution in [2.75, 3.05) is 19.7 Å². The number of amides is 2. The molecule has 2 fully saturated rings. The minimum Gasteiger partial charge on any atom is -0.447 e. The highest BCUT2D eigenvalue weighted by Gasteiger charge is 2.44. The predicted octanol–water partition coefficient (Wildman–Crippen LogP) is 2.90. The molecule has 0 aliphatic carbocycles. The van der Waals surface area contributed by atoms with Gasteiger partial charge in [-0.15, -0.1) is 0 Å². The van der Waals surface area contributed by atoms with Crippen molar-refractivity contribution < 1.29 is 14.3 Å². The zero-order chi connectivity index (χ0) is 17.1. The van der Waals surface area contributed by atoms with Crippen LogP contribution in [0.4, 0.5) is 4.79 Å². The first-order valence-electron chi connectivity index (χ1n) is 8.86. The summed E-state index contributed by atoms with van der Waals surface area (Å²) in [5.41, 5.74) is 1.25. The van der Waals surface area contributed by atoms with Crippen molar-refractivity contribution in [3.05, 3.63) is 35.9 Å². The van der Waals surface area contributed by atoms with Crippen LogP contribution in [0.15, 0.2) is 30.3 Å². The number of imide groups is 1. The van der Waals surface area contributed by atoms with Gasteiger partial charge in [0.1, 0.15) is 6.61 Å². The molecular weight excluding hydrogens is 304 g/mol. The molecule has 5 nitrogen and oxygen atoms in total. The molecule has 0 aromatic heterocycles. The quantitative estimate of drug-likeness (QED) is 0.833. The van der Waals surface area contributed by atoms with Crippen molar-refractivity contribution in [2.45, 2.75) is 39.3 Å². The molecule has 0 N–H and O–H groups in total. The fourth-order valence-electron chi connectivity index (χ4n) is 3.81. The minimum atomic E-state index is -0.466. The highest BCUT2D eigenvalue weighted by Crippen LogP contribution is 2.29. The number of hydrogen-bond acceptors (Lipinski definition) is 4. The lowest BCUT2D eigenvalue weighted by atomic mass is 9.96. The Labute approximate surface area is 143 Å². The zero-order valence-electron chi connectivity index (χ0n) is 14.5. The van der Waals surface area contributed by atoms with E-state index in [0.717, 1.165) is 25.9 Å². The molecule has 2 amide bonds. The van der Waals surface area contributed by atoms with Gasteiger partial charge in [-0.25, -0.2) is 9.69 Å². The first-order chi connectivity index (χ1) is 11.6. The van der Waals surface area contributed by atoms with Crippen LogP contribution in [0.2, 0.25) is 0 Å². The molecule has 130 valence electrons. The topological polar surface area (TPSA) is 49.9 Å². The molecule has 2 heterocycles. The molecule has 0 unspecified atom stereocenters. The number of benzene rings is 1. The second-order valence-corrected chi connectivity index (χ2v) is 6.99. The second kappa shape index (κ2) is 7.34. The van der Waals surface area contributed by atoms with E-state index < -0.39 is 6.09 Å². The average molecular weight is 330 g/mol. The molecule has 2 aliphatic rings. The molecule has 1 aromatic carbocycles. The first-order valence-corrected chi connectivity index (χ1v) is 8.86. The molecule has 3 atom stereocenters. The van der Waals surface area contributed by atoms with Crippen molar-refractivity contribution in [3.8, 4) is 0 Å². The molecule has 1 aromatic rings. The lowest BCUT2D eigenvalue weighted by Gasteiger charge is -2.24. The molecule has 0 radical (unpaired) electrons. The van der Waals surface area contributed by atoms with Crippen LogP contribution in [-0.2, 0) is 16.1 Å². The number of rotatable bonds is 5. The van der Waals surface area contributed by atoms with Gasteiger partial charge in [-0.2, -0.15) is 0 Å². The molecular formula is C19H26N2O3. The Bertz CT molecular complexity index is 590. The summed E-state index contributed by atoms with van der Waals surface area (Å²) in [7, 11) is 0. The summed E-state index contributed by atoms with van der Waals surface area (Å²) in [5, 5.41) is 0. The predicted molar refractivity (Wildman–Crippen MR) is 91.3 cm³/mol. The van der Waals surface area contributed by atoms with Crippen LogP contribution in [0.25, 0.3) is 0 Å². The normalized spacial score (nSPS) is 27.5. The minimum absolute atomic E-state index is 0.0565. The number of cyclic esters (lactones) is 1. The van der Waals surface area contributed by atoms with Gasteiger partial charge in [0, 0.05) is 19.6 Å². The van der Waals surface area contributed by atoms with E-state index in [4.69, 9.17) is 4.74 Å². The third kappa shape index (κ3) is 3.46. The van der Waals surface area contributed by atoms with Crippen LogP contribution < -0.4 is 0 Å². The highest BCUT2D eigenvalue weighted by molar-refractivity contribution is 5.95. The summed E-state index contributed by atoms with van der Waals surface area (Å²) in [6, 6.07) is 10.2. The lowest BCUT2D eigenvalue weighted by molar-refractivity contribution is -0.134. The maximum Gasteiger partial charge on any atom is 0.416 e. The summed E-state index contributed by atoms with van der Waals surface area (Å²) in [6.45, 7) is 6.93. The SMILES string of the molecule is CCC[C@H]1COC(=O)N1C(=O)[C@H]1CN(Cc2ccccc2)C[C@H]1C. The molecule has 2 aliphatic heterocycles. The van der Waals surface area contributed by atoms with Gasteiger partial charge in [0.25, 0.3) is 0 Å². The zero-order valence-corrected chi connectivity index (χ0v) is 14.5. The van der Waals surface area contributed by atoms with Gasteiger partial charge in [-0.05, 0) is 17.9 Å². The molecule has 24 heavy (non-hydrogen) atoms. The van der Waals surface area contributed by atoms with E-state index in [-0.39, 0.29) is 23.8 Å². The maximum absolute atomic E-state index is 13.0. The number of hydrogen-bond donors (Lipinski definition) is 0. The van der Waals surface area contributed by atoms with E-state index in [0.29, 0.717) is 13.2 Å². The molecule has 0 saturated carbocycles. The second-order valence-electron chi connectivity index (χ2n) is 6.99. The Morgan fingerprint density at radius 2 is 2.00 bits per heavy atom. The van der Waals surface area contributed by atoms with Gasteiger partial charge in [0.2, 0.25) is 5.91 Å². The van der Waals surface area contributed by atoms with Gasteiger partial charge in [0.05, 0.1) is 12.0 Å². The fourth-order valence-corrected chi connectivity index (χ4v) is 3.81. The summed E-state index contributed by atoms with van der Waals surface area (Å²) in [6.07, 6.45) is 1.28. The number of likely N-dealkylation sites (tertiary alicyclic amines) is 1. The van der Waals surface area contributed by atoms with Crippen molar-refractivity contribution in [2.24, 2.45) is 11.8 Å². The van der Waals surface area contributed by atoms with Crippen LogP contribution in [0.1, 0.15) is 32.3 Å². The largest absolute Gasteiger partial charge is 0.447 e. The van der Waals surface area contributed by atoms with Crippen LogP contribution in [0, 0.1) is 11.8 Å². The van der Waals surface area contributed by atoms with Gasteiger partial charge < -0.3 is 4.74 Å². The standard InChI is InChI=1S/C19H26N2O3/c1-3-7-16-13-24-19(23)21(16)18(22)17-12-20(10-14(17)2)11-15-8-5-4-6-9-15/h4-6,8-9,14,16-17H,3,7,10-13H2,1-2H3/t14-,16+,17+/m1/s1. The van der Waals surface area contributed by atoms with Crippen LogP contribution in [0.3, 0.4) is 0 Å². The van der Waals surface area contributed by atoms with Crippen LogP contribution >= 0.6 is 0 Å². The third-order valence-corrected chi connectivity index (χ3v) is 5.07. The lowest BCUT2D eigenvalue weighted by Crippen LogP contribution is -2.44. The van der Waals surface area contributed by atoms with Gasteiger partial charge in [-0.1, -0.05) is 50.6 Å². The van der Waals surface area contributed by atoms with E-state index >= 15 is 0 Å². The van der Waals surface area contributed by atoms with E-state index in [1.807, 2.05) is 18.2 Å². The number of ether oxygens (including phenoxy) is 1. The summed E-state index contributed by atoms with van der Waals surface area (Å²) in [4.78, 5) is 28.6. The van der Waals surface area contributed by atoms with Crippen LogP contribution in [-0.4, -0.2) is 47.5 Å². The Balaban J connectivity index is 1.66. The smallest absolute Gasteiger partial charge is 0.416 e. The molecule has 0 bridgehead atoms. The first kappa shape index (κ1) is 17.0. The van der Waals surface area contributed by atoms with Crippen molar-refractivity contribution >= 4 is 12.0 Å². The van der Waals surface area contributed by atoms with E-state index in [1.54, 1.807) is 0 Å². The Morgan fingerprint density at radius 1 is 1.25 bits per heavy atom. The number of carbonyl (C=O) groups is 2. The Hall–Kier alpha value is -1.88. The van der Waals surface area contributed by atoms with Gasteiger partial charge >= 0.3 is 6.09 Å². The van der Waals surface area contributed by atoms with E-state index in [1.165, 1.54) is 10.5 Å². The highest BCUT2D eigenvalue weighted by atomic mass is 16.6.